The van der Waals surface area contributed by atoms with Gasteiger partial charge in [0, 0.05) is 52.2 Å². The summed E-state index contributed by atoms with van der Waals surface area (Å²) in [6.07, 6.45) is 1.13. The summed E-state index contributed by atoms with van der Waals surface area (Å²) in [5.74, 6) is 1.86. The van der Waals surface area contributed by atoms with Gasteiger partial charge < -0.3 is 20.3 Å². The van der Waals surface area contributed by atoms with Gasteiger partial charge >= 0.3 is 0 Å². The van der Waals surface area contributed by atoms with Crippen LogP contribution in [-0.2, 0) is 6.42 Å². The van der Waals surface area contributed by atoms with Gasteiger partial charge in [-0.15, -0.1) is 0 Å². The molecule has 0 bridgehead atoms. The number of nitrogens with one attached hydrogen (secondary N) is 2. The first-order valence-corrected chi connectivity index (χ1v) is 9.27. The number of fused-ring (bicyclic) bond motifs is 1. The van der Waals surface area contributed by atoms with Gasteiger partial charge in [-0.05, 0) is 25.6 Å². The van der Waals surface area contributed by atoms with Crippen LogP contribution in [0.25, 0.3) is 0 Å². The van der Waals surface area contributed by atoms with Crippen LogP contribution < -0.4 is 15.4 Å². The van der Waals surface area contributed by atoms with E-state index in [1.807, 2.05) is 19.2 Å². The Balaban J connectivity index is 1.39. The van der Waals surface area contributed by atoms with Crippen molar-refractivity contribution in [3.05, 3.63) is 29.8 Å². The average Bonchev–Trinajstić information content (AvgIpc) is 3.05. The molecule has 2 unspecified atom stereocenters. The Kier molecular flexibility index (Phi) is 6.15. The van der Waals surface area contributed by atoms with E-state index in [-0.39, 0.29) is 6.10 Å². The van der Waals surface area contributed by atoms with E-state index in [2.05, 4.69) is 51.5 Å². The van der Waals surface area contributed by atoms with Crippen LogP contribution in [0, 0.1) is 0 Å². The standard InChI is InChI=1S/C19H31N5O/c1-15(24-10-8-23(3)9-11-24)13-21-19(20-2)22-14-17-12-16-6-4-5-7-18(16)25-17/h4-7,15,17H,8-14H2,1-3H3,(H2,20,21,22). The molecule has 0 aromatic heterocycles. The van der Waals surface area contributed by atoms with Gasteiger partial charge in [0.1, 0.15) is 11.9 Å². The second-order valence-electron chi connectivity index (χ2n) is 7.07. The molecule has 1 aromatic carbocycles. The first kappa shape index (κ1) is 18.0. The molecule has 2 aliphatic rings. The van der Waals surface area contributed by atoms with Crippen molar-refractivity contribution in [3.63, 3.8) is 0 Å². The SMILES string of the molecule is CN=C(NCC1Cc2ccccc2O1)NCC(C)N1CCN(C)CC1. The van der Waals surface area contributed by atoms with Gasteiger partial charge in [0.15, 0.2) is 5.96 Å². The number of rotatable bonds is 5. The Labute approximate surface area is 151 Å². The number of piperazine rings is 1. The maximum atomic E-state index is 5.97. The van der Waals surface area contributed by atoms with Crippen molar-refractivity contribution in [1.29, 1.82) is 0 Å². The highest BCUT2D eigenvalue weighted by atomic mass is 16.5. The molecule has 2 atom stereocenters. The minimum absolute atomic E-state index is 0.172. The van der Waals surface area contributed by atoms with Crippen molar-refractivity contribution in [2.24, 2.45) is 4.99 Å². The van der Waals surface area contributed by atoms with Gasteiger partial charge in [-0.1, -0.05) is 18.2 Å². The molecule has 1 saturated heterocycles. The summed E-state index contributed by atoms with van der Waals surface area (Å²) >= 11 is 0. The first-order valence-electron chi connectivity index (χ1n) is 9.27. The Hall–Kier alpha value is -1.79. The summed E-state index contributed by atoms with van der Waals surface area (Å²) in [6, 6.07) is 8.77. The van der Waals surface area contributed by atoms with Crippen molar-refractivity contribution in [2.45, 2.75) is 25.5 Å². The van der Waals surface area contributed by atoms with E-state index in [0.717, 1.165) is 57.4 Å². The van der Waals surface area contributed by atoms with Gasteiger partial charge in [0.25, 0.3) is 0 Å². The van der Waals surface area contributed by atoms with Crippen LogP contribution in [0.4, 0.5) is 0 Å². The van der Waals surface area contributed by atoms with E-state index in [1.54, 1.807) is 0 Å². The minimum atomic E-state index is 0.172. The number of aliphatic imine (C=N–C) groups is 1. The minimum Gasteiger partial charge on any atom is -0.488 e. The van der Waals surface area contributed by atoms with Crippen molar-refractivity contribution in [3.8, 4) is 5.75 Å². The normalized spacial score (nSPS) is 23.0. The van der Waals surface area contributed by atoms with Crippen LogP contribution in [0.5, 0.6) is 5.75 Å². The number of hydrogen-bond donors (Lipinski definition) is 2. The van der Waals surface area contributed by atoms with Gasteiger partial charge in [-0.3, -0.25) is 9.89 Å². The highest BCUT2D eigenvalue weighted by molar-refractivity contribution is 5.79. The van der Waals surface area contributed by atoms with Crippen molar-refractivity contribution in [1.82, 2.24) is 20.4 Å². The van der Waals surface area contributed by atoms with E-state index in [9.17, 15) is 0 Å². The predicted octanol–water partition coefficient (Wildman–Crippen LogP) is 0.791. The van der Waals surface area contributed by atoms with Crippen LogP contribution in [0.2, 0.25) is 0 Å². The van der Waals surface area contributed by atoms with Gasteiger partial charge in [-0.25, -0.2) is 0 Å². The molecule has 25 heavy (non-hydrogen) atoms. The fourth-order valence-electron chi connectivity index (χ4n) is 3.44. The van der Waals surface area contributed by atoms with E-state index < -0.39 is 0 Å². The van der Waals surface area contributed by atoms with E-state index in [1.165, 1.54) is 5.56 Å². The number of nitrogens with zero attached hydrogens (tertiary/aromatic N) is 3. The lowest BCUT2D eigenvalue weighted by atomic mass is 10.1. The van der Waals surface area contributed by atoms with Crippen LogP contribution in [-0.4, -0.2) is 81.3 Å². The zero-order chi connectivity index (χ0) is 17.6. The number of guanidine groups is 1. The third-order valence-electron chi connectivity index (χ3n) is 5.16. The summed E-state index contributed by atoms with van der Waals surface area (Å²) in [6.45, 7) is 8.52. The molecule has 1 aromatic rings. The molecule has 0 spiro atoms. The summed E-state index contributed by atoms with van der Waals surface area (Å²) in [5.41, 5.74) is 1.29. The third-order valence-corrected chi connectivity index (χ3v) is 5.16. The summed E-state index contributed by atoms with van der Waals surface area (Å²) < 4.78 is 5.97. The third kappa shape index (κ3) is 4.86. The van der Waals surface area contributed by atoms with Crippen LogP contribution >= 0.6 is 0 Å². The molecule has 0 radical (unpaired) electrons. The molecular formula is C19H31N5O. The smallest absolute Gasteiger partial charge is 0.191 e. The molecule has 0 aliphatic carbocycles. The second kappa shape index (κ2) is 8.54. The second-order valence-corrected chi connectivity index (χ2v) is 7.07. The summed E-state index contributed by atoms with van der Waals surface area (Å²) in [4.78, 5) is 9.26. The Morgan fingerprint density at radius 2 is 2.00 bits per heavy atom. The summed E-state index contributed by atoms with van der Waals surface area (Å²) in [7, 11) is 4.01. The maximum Gasteiger partial charge on any atom is 0.191 e. The lowest BCUT2D eigenvalue weighted by Gasteiger charge is -2.36. The molecule has 0 saturated carbocycles. The van der Waals surface area contributed by atoms with Crippen LogP contribution in [0.3, 0.4) is 0 Å². The first-order chi connectivity index (χ1) is 12.2. The predicted molar refractivity (Wildman–Crippen MR) is 102 cm³/mol. The molecule has 6 nitrogen and oxygen atoms in total. The molecule has 2 heterocycles. The number of hydrogen-bond acceptors (Lipinski definition) is 4. The number of para-hydroxylation sites is 1. The number of likely N-dealkylation sites (N-methyl/N-ethyl adjacent to an activating group) is 1. The van der Waals surface area contributed by atoms with Crippen molar-refractivity contribution < 1.29 is 4.74 Å². The lowest BCUT2D eigenvalue weighted by molar-refractivity contribution is 0.120. The maximum absolute atomic E-state index is 5.97. The van der Waals surface area contributed by atoms with Crippen molar-refractivity contribution >= 4 is 5.96 Å². The monoisotopic (exact) mass is 345 g/mol. The Bertz CT molecular complexity index is 558. The summed E-state index contributed by atoms with van der Waals surface area (Å²) in [5, 5.41) is 6.85. The lowest BCUT2D eigenvalue weighted by Crippen LogP contribution is -2.52. The van der Waals surface area contributed by atoms with Gasteiger partial charge in [0.05, 0.1) is 6.54 Å². The van der Waals surface area contributed by atoms with E-state index in [4.69, 9.17) is 4.74 Å². The Morgan fingerprint density at radius 3 is 2.72 bits per heavy atom. The molecular weight excluding hydrogens is 314 g/mol. The molecule has 3 rings (SSSR count). The number of ether oxygens (including phenoxy) is 1. The molecule has 138 valence electrons. The largest absolute Gasteiger partial charge is 0.488 e. The van der Waals surface area contributed by atoms with Gasteiger partial charge in [0.2, 0.25) is 0 Å². The number of benzene rings is 1. The quantitative estimate of drug-likeness (QED) is 0.610. The molecule has 6 heteroatoms. The van der Waals surface area contributed by atoms with E-state index in [0.29, 0.717) is 6.04 Å². The molecule has 0 amide bonds. The highest BCUT2D eigenvalue weighted by Gasteiger charge is 2.23. The van der Waals surface area contributed by atoms with Gasteiger partial charge in [-0.2, -0.15) is 0 Å². The fraction of sp³-hybridized carbons (Fsp3) is 0.632. The van der Waals surface area contributed by atoms with E-state index >= 15 is 0 Å². The Morgan fingerprint density at radius 1 is 1.24 bits per heavy atom. The highest BCUT2D eigenvalue weighted by Crippen LogP contribution is 2.27. The molecule has 1 fully saturated rings. The van der Waals surface area contributed by atoms with Crippen LogP contribution in [0.1, 0.15) is 12.5 Å². The van der Waals surface area contributed by atoms with Crippen molar-refractivity contribution in [2.75, 3.05) is 53.4 Å². The topological polar surface area (TPSA) is 52.1 Å². The zero-order valence-corrected chi connectivity index (χ0v) is 15.7. The average molecular weight is 345 g/mol. The molecule has 2 aliphatic heterocycles. The van der Waals surface area contributed by atoms with Crippen LogP contribution in [0.15, 0.2) is 29.3 Å². The fourth-order valence-corrected chi connectivity index (χ4v) is 3.44. The zero-order valence-electron chi connectivity index (χ0n) is 15.7. The molecule has 2 N–H and O–H groups in total.